The summed E-state index contributed by atoms with van der Waals surface area (Å²) in [6.45, 7) is 0. The fourth-order valence-corrected chi connectivity index (χ4v) is 4.53. The summed E-state index contributed by atoms with van der Waals surface area (Å²) in [6, 6.07) is 2.48. The van der Waals surface area contributed by atoms with E-state index in [2.05, 4.69) is 19.5 Å². The predicted molar refractivity (Wildman–Crippen MR) is 93.3 cm³/mol. The maximum Gasteiger partial charge on any atom is 0.211 e. The van der Waals surface area contributed by atoms with Gasteiger partial charge in [-0.15, -0.1) is 0 Å². The fraction of sp³-hybridized carbons (Fsp3) is 0.500. The van der Waals surface area contributed by atoms with E-state index in [0.29, 0.717) is 6.04 Å². The number of aromatic nitrogens is 4. The van der Waals surface area contributed by atoms with Crippen LogP contribution in [0.25, 0.3) is 22.1 Å². The van der Waals surface area contributed by atoms with E-state index in [4.69, 9.17) is 0 Å². The van der Waals surface area contributed by atoms with Crippen LogP contribution < -0.4 is 0 Å². The van der Waals surface area contributed by atoms with Gasteiger partial charge in [0.1, 0.15) is 11.2 Å². The normalized spacial score (nSPS) is 22.6. The van der Waals surface area contributed by atoms with Gasteiger partial charge in [-0.1, -0.05) is 0 Å². The number of rotatable bonds is 3. The Morgan fingerprint density at radius 3 is 2.71 bits per heavy atom. The molecule has 0 unspecified atom stereocenters. The quantitative estimate of drug-likeness (QED) is 0.788. The number of sulfonamides is 1. The minimum absolute atomic E-state index is 0.0972. The number of nitrogens with one attached hydrogen (secondary N) is 1. The molecule has 0 bridgehead atoms. The number of aromatic amines is 1. The predicted octanol–water partition coefficient (Wildman–Crippen LogP) is 2.29. The van der Waals surface area contributed by atoms with Crippen LogP contribution in [0, 0.1) is 0 Å². The summed E-state index contributed by atoms with van der Waals surface area (Å²) in [5, 5.41) is 1.08. The number of imidazole rings is 1. The van der Waals surface area contributed by atoms with Crippen LogP contribution in [0.1, 0.15) is 31.7 Å². The van der Waals surface area contributed by atoms with Gasteiger partial charge in [-0.3, -0.25) is 0 Å². The molecule has 0 amide bonds. The highest BCUT2D eigenvalue weighted by atomic mass is 32.2. The molecule has 4 rings (SSSR count). The molecule has 24 heavy (non-hydrogen) atoms. The Labute approximate surface area is 140 Å². The van der Waals surface area contributed by atoms with Crippen molar-refractivity contribution in [2.75, 3.05) is 13.3 Å². The maximum atomic E-state index is 11.7. The van der Waals surface area contributed by atoms with Crippen molar-refractivity contribution in [1.82, 2.24) is 23.8 Å². The first-order valence-corrected chi connectivity index (χ1v) is 10.0. The van der Waals surface area contributed by atoms with Crippen LogP contribution in [0.5, 0.6) is 0 Å². The van der Waals surface area contributed by atoms with Gasteiger partial charge in [0, 0.05) is 30.7 Å². The molecular formula is C16H21N5O2S. The van der Waals surface area contributed by atoms with Gasteiger partial charge < -0.3 is 9.55 Å². The zero-order chi connectivity index (χ0) is 16.9. The minimum atomic E-state index is -3.13. The molecule has 1 saturated carbocycles. The number of hydrogen-bond acceptors (Lipinski definition) is 4. The number of fused-ring (bicyclic) bond motifs is 3. The Morgan fingerprint density at radius 2 is 2.00 bits per heavy atom. The summed E-state index contributed by atoms with van der Waals surface area (Å²) in [5.74, 6) is 0. The third-order valence-electron chi connectivity index (χ3n) is 5.22. The molecule has 7 nitrogen and oxygen atoms in total. The molecule has 0 radical (unpaired) electrons. The summed E-state index contributed by atoms with van der Waals surface area (Å²) in [4.78, 5) is 12.0. The van der Waals surface area contributed by atoms with Crippen LogP contribution in [-0.4, -0.2) is 51.6 Å². The summed E-state index contributed by atoms with van der Waals surface area (Å²) in [6.07, 6.45) is 10.5. The van der Waals surface area contributed by atoms with Gasteiger partial charge in [-0.05, 0) is 31.7 Å². The lowest BCUT2D eigenvalue weighted by atomic mass is 9.91. The van der Waals surface area contributed by atoms with E-state index in [0.717, 1.165) is 47.8 Å². The van der Waals surface area contributed by atoms with Gasteiger partial charge >= 0.3 is 0 Å². The number of pyridine rings is 1. The molecule has 0 atom stereocenters. The van der Waals surface area contributed by atoms with Crippen LogP contribution in [0.2, 0.25) is 0 Å². The molecule has 0 aliphatic heterocycles. The first-order chi connectivity index (χ1) is 11.4. The third kappa shape index (κ3) is 2.50. The molecular weight excluding hydrogens is 326 g/mol. The number of nitrogens with zero attached hydrogens (tertiary/aromatic N) is 4. The van der Waals surface area contributed by atoms with Gasteiger partial charge in [-0.2, -0.15) is 0 Å². The van der Waals surface area contributed by atoms with Crippen molar-refractivity contribution in [3.05, 3.63) is 24.8 Å². The summed E-state index contributed by atoms with van der Waals surface area (Å²) >= 11 is 0. The molecule has 1 N–H and O–H groups in total. The summed E-state index contributed by atoms with van der Waals surface area (Å²) in [5.41, 5.74) is 2.88. The molecule has 128 valence electrons. The minimum Gasteiger partial charge on any atom is -0.346 e. The standard InChI is InChI=1S/C16H21N5O2S/c1-20(24(2,22)23)11-3-5-12(6-4-11)21-10-19-14-9-18-16-13(15(14)21)7-8-17-16/h7-12H,3-6H2,1-2H3,(H,17,18)/t11-,12-. The molecule has 3 aromatic heterocycles. The molecule has 0 aromatic carbocycles. The topological polar surface area (TPSA) is 83.9 Å². The van der Waals surface area contributed by atoms with E-state index in [9.17, 15) is 8.42 Å². The zero-order valence-corrected chi connectivity index (χ0v) is 14.6. The molecule has 3 aromatic rings. The van der Waals surface area contributed by atoms with E-state index in [1.165, 1.54) is 10.6 Å². The van der Waals surface area contributed by atoms with E-state index >= 15 is 0 Å². The van der Waals surface area contributed by atoms with E-state index in [-0.39, 0.29) is 6.04 Å². The smallest absolute Gasteiger partial charge is 0.211 e. The monoisotopic (exact) mass is 347 g/mol. The van der Waals surface area contributed by atoms with Crippen molar-refractivity contribution in [3.63, 3.8) is 0 Å². The fourth-order valence-electron chi connectivity index (χ4n) is 3.78. The van der Waals surface area contributed by atoms with Crippen LogP contribution in [-0.2, 0) is 10.0 Å². The van der Waals surface area contributed by atoms with Crippen molar-refractivity contribution < 1.29 is 8.42 Å². The Bertz CT molecular complexity index is 982. The second kappa shape index (κ2) is 5.56. The van der Waals surface area contributed by atoms with Crippen LogP contribution in [0.15, 0.2) is 24.8 Å². The van der Waals surface area contributed by atoms with Gasteiger partial charge in [-0.25, -0.2) is 22.7 Å². The second-order valence-corrected chi connectivity index (χ2v) is 8.67. The molecule has 1 aliphatic carbocycles. The first kappa shape index (κ1) is 15.6. The number of hydrogen-bond donors (Lipinski definition) is 1. The Morgan fingerprint density at radius 1 is 1.25 bits per heavy atom. The highest BCUT2D eigenvalue weighted by molar-refractivity contribution is 7.88. The van der Waals surface area contributed by atoms with E-state index in [1.54, 1.807) is 13.2 Å². The number of H-pyrrole nitrogens is 1. The largest absolute Gasteiger partial charge is 0.346 e. The summed E-state index contributed by atoms with van der Waals surface area (Å²) < 4.78 is 27.2. The molecule has 1 fully saturated rings. The Hall–Kier alpha value is -1.93. The molecule has 0 saturated heterocycles. The van der Waals surface area contributed by atoms with Gasteiger partial charge in [0.2, 0.25) is 10.0 Å². The van der Waals surface area contributed by atoms with E-state index in [1.807, 2.05) is 18.6 Å². The lowest BCUT2D eigenvalue weighted by Crippen LogP contribution is -2.39. The maximum absolute atomic E-state index is 11.7. The van der Waals surface area contributed by atoms with Crippen molar-refractivity contribution >= 4 is 32.1 Å². The average Bonchev–Trinajstić information content (AvgIpc) is 3.19. The van der Waals surface area contributed by atoms with E-state index < -0.39 is 10.0 Å². The average molecular weight is 347 g/mol. The Kier molecular flexibility index (Phi) is 3.61. The van der Waals surface area contributed by atoms with Gasteiger partial charge in [0.25, 0.3) is 0 Å². The highest BCUT2D eigenvalue weighted by Gasteiger charge is 2.29. The SMILES string of the molecule is CN([C@H]1CC[C@H](n2cnc3cnc4[nH]ccc4c32)CC1)S(C)(=O)=O. The van der Waals surface area contributed by atoms with Crippen LogP contribution in [0.3, 0.4) is 0 Å². The van der Waals surface area contributed by atoms with Gasteiger partial charge in [0.05, 0.1) is 24.3 Å². The third-order valence-corrected chi connectivity index (χ3v) is 6.56. The van der Waals surface area contributed by atoms with Crippen molar-refractivity contribution in [3.8, 4) is 0 Å². The molecule has 3 heterocycles. The Balaban J connectivity index is 1.62. The van der Waals surface area contributed by atoms with Crippen molar-refractivity contribution in [2.45, 2.75) is 37.8 Å². The lowest BCUT2D eigenvalue weighted by molar-refractivity contribution is 0.240. The van der Waals surface area contributed by atoms with Crippen molar-refractivity contribution in [2.24, 2.45) is 0 Å². The zero-order valence-electron chi connectivity index (χ0n) is 13.8. The second-order valence-electron chi connectivity index (χ2n) is 6.63. The molecule has 0 spiro atoms. The summed E-state index contributed by atoms with van der Waals surface area (Å²) in [7, 11) is -1.45. The van der Waals surface area contributed by atoms with Crippen LogP contribution >= 0.6 is 0 Å². The molecule has 8 heteroatoms. The van der Waals surface area contributed by atoms with Gasteiger partial charge in [0.15, 0.2) is 0 Å². The van der Waals surface area contributed by atoms with Crippen LogP contribution in [0.4, 0.5) is 0 Å². The lowest BCUT2D eigenvalue weighted by Gasteiger charge is -2.34. The molecule has 1 aliphatic rings. The van der Waals surface area contributed by atoms with Crippen molar-refractivity contribution in [1.29, 1.82) is 0 Å². The highest BCUT2D eigenvalue weighted by Crippen LogP contribution is 2.34. The first-order valence-electron chi connectivity index (χ1n) is 8.17.